The standard InChI is InChI=1S/C22H25N3O4S/c1-23-21(28)17-11-5-6-12-18(17)24-22(30)25-19(26)13-14-20(27)29-15-7-10-16-8-3-2-4-9-16/h2-6,8-9,11-12H,7,10,13-15H2,1H3,(H,23,28)(H2,24,25,26,30). The summed E-state index contributed by atoms with van der Waals surface area (Å²) in [5, 5.41) is 7.91. The van der Waals surface area contributed by atoms with E-state index in [0.717, 1.165) is 12.8 Å². The molecule has 0 saturated carbocycles. The van der Waals surface area contributed by atoms with Gasteiger partial charge in [-0.05, 0) is 42.8 Å². The molecule has 0 aliphatic carbocycles. The Morgan fingerprint density at radius 2 is 1.67 bits per heavy atom. The number of thiocarbonyl (C=S) groups is 1. The van der Waals surface area contributed by atoms with Crippen molar-refractivity contribution in [2.24, 2.45) is 0 Å². The lowest BCUT2D eigenvalue weighted by atomic mass is 10.1. The van der Waals surface area contributed by atoms with E-state index in [4.69, 9.17) is 17.0 Å². The largest absolute Gasteiger partial charge is 0.466 e. The maximum atomic E-state index is 12.0. The number of benzene rings is 2. The number of hydrogen-bond donors (Lipinski definition) is 3. The van der Waals surface area contributed by atoms with Crippen LogP contribution in [0.4, 0.5) is 5.69 Å². The maximum Gasteiger partial charge on any atom is 0.306 e. The highest BCUT2D eigenvalue weighted by Gasteiger charge is 2.13. The predicted octanol–water partition coefficient (Wildman–Crippen LogP) is 2.82. The molecule has 2 rings (SSSR count). The number of aryl methyl sites for hydroxylation is 1. The summed E-state index contributed by atoms with van der Waals surface area (Å²) in [5.74, 6) is -1.12. The average Bonchev–Trinajstić information content (AvgIpc) is 2.75. The first-order valence-electron chi connectivity index (χ1n) is 9.61. The number of nitrogens with one attached hydrogen (secondary N) is 3. The van der Waals surface area contributed by atoms with Crippen LogP contribution in [0, 0.1) is 0 Å². The van der Waals surface area contributed by atoms with E-state index < -0.39 is 11.9 Å². The third-order valence-corrected chi connectivity index (χ3v) is 4.38. The summed E-state index contributed by atoms with van der Waals surface area (Å²) in [4.78, 5) is 35.7. The molecule has 0 unspecified atom stereocenters. The molecule has 7 nitrogen and oxygen atoms in total. The van der Waals surface area contributed by atoms with Gasteiger partial charge in [-0.1, -0.05) is 42.5 Å². The molecular formula is C22H25N3O4S. The Morgan fingerprint density at radius 1 is 0.967 bits per heavy atom. The van der Waals surface area contributed by atoms with Crippen LogP contribution in [0.3, 0.4) is 0 Å². The Labute approximate surface area is 181 Å². The van der Waals surface area contributed by atoms with Crippen LogP contribution in [0.5, 0.6) is 0 Å². The molecule has 8 heteroatoms. The zero-order chi connectivity index (χ0) is 21.8. The number of amides is 2. The third kappa shape index (κ3) is 8.00. The van der Waals surface area contributed by atoms with E-state index in [0.29, 0.717) is 17.9 Å². The smallest absolute Gasteiger partial charge is 0.306 e. The fourth-order valence-corrected chi connectivity index (χ4v) is 2.89. The summed E-state index contributed by atoms with van der Waals surface area (Å²) >= 11 is 5.12. The van der Waals surface area contributed by atoms with Crippen molar-refractivity contribution in [3.8, 4) is 0 Å². The number of carbonyl (C=O) groups excluding carboxylic acids is 3. The number of hydrogen-bond acceptors (Lipinski definition) is 5. The van der Waals surface area contributed by atoms with Crippen molar-refractivity contribution in [2.45, 2.75) is 25.7 Å². The van der Waals surface area contributed by atoms with Gasteiger partial charge in [-0.3, -0.25) is 14.4 Å². The van der Waals surface area contributed by atoms with Crippen molar-refractivity contribution in [1.82, 2.24) is 10.6 Å². The van der Waals surface area contributed by atoms with E-state index >= 15 is 0 Å². The van der Waals surface area contributed by atoms with Gasteiger partial charge < -0.3 is 20.7 Å². The summed E-state index contributed by atoms with van der Waals surface area (Å²) in [6, 6.07) is 16.7. The van der Waals surface area contributed by atoms with Crippen LogP contribution in [-0.2, 0) is 20.7 Å². The Balaban J connectivity index is 1.67. The quantitative estimate of drug-likeness (QED) is 0.324. The number of anilines is 1. The van der Waals surface area contributed by atoms with Gasteiger partial charge in [0.1, 0.15) is 0 Å². The summed E-state index contributed by atoms with van der Waals surface area (Å²) in [6.07, 6.45) is 1.47. The van der Waals surface area contributed by atoms with Gasteiger partial charge in [0.2, 0.25) is 5.91 Å². The van der Waals surface area contributed by atoms with Gasteiger partial charge in [-0.2, -0.15) is 0 Å². The second-order valence-corrected chi connectivity index (χ2v) is 6.84. The van der Waals surface area contributed by atoms with Crippen LogP contribution in [0.25, 0.3) is 0 Å². The molecule has 0 aromatic heterocycles. The molecule has 0 heterocycles. The number of rotatable bonds is 9. The van der Waals surface area contributed by atoms with E-state index in [1.807, 2.05) is 30.3 Å². The molecule has 0 saturated heterocycles. The van der Waals surface area contributed by atoms with Crippen LogP contribution < -0.4 is 16.0 Å². The van der Waals surface area contributed by atoms with Crippen molar-refractivity contribution in [1.29, 1.82) is 0 Å². The highest BCUT2D eigenvalue weighted by Crippen LogP contribution is 2.14. The van der Waals surface area contributed by atoms with Gasteiger partial charge in [0.05, 0.1) is 24.3 Å². The molecule has 0 radical (unpaired) electrons. The molecule has 0 aliphatic heterocycles. The molecule has 2 amide bonds. The van der Waals surface area contributed by atoms with E-state index in [9.17, 15) is 14.4 Å². The number of ether oxygens (including phenoxy) is 1. The van der Waals surface area contributed by atoms with Gasteiger partial charge >= 0.3 is 5.97 Å². The second-order valence-electron chi connectivity index (χ2n) is 6.44. The van der Waals surface area contributed by atoms with Gasteiger partial charge in [0.15, 0.2) is 5.11 Å². The van der Waals surface area contributed by atoms with Gasteiger partial charge in [0, 0.05) is 13.5 Å². The van der Waals surface area contributed by atoms with E-state index in [1.165, 1.54) is 12.6 Å². The second kappa shape index (κ2) is 12.3. The zero-order valence-electron chi connectivity index (χ0n) is 16.8. The minimum Gasteiger partial charge on any atom is -0.466 e. The molecular weight excluding hydrogens is 402 g/mol. The summed E-state index contributed by atoms with van der Waals surface area (Å²) in [5.41, 5.74) is 2.06. The molecule has 2 aromatic carbocycles. The average molecular weight is 428 g/mol. The lowest BCUT2D eigenvalue weighted by molar-refractivity contribution is -0.145. The number of para-hydroxylation sites is 1. The molecule has 0 bridgehead atoms. The van der Waals surface area contributed by atoms with Crippen molar-refractivity contribution < 1.29 is 19.1 Å². The summed E-state index contributed by atoms with van der Waals surface area (Å²) < 4.78 is 5.16. The minimum absolute atomic E-state index is 0.0331. The molecule has 158 valence electrons. The van der Waals surface area contributed by atoms with Crippen LogP contribution in [-0.4, -0.2) is 36.6 Å². The van der Waals surface area contributed by atoms with Gasteiger partial charge in [0.25, 0.3) is 5.91 Å². The first kappa shape index (κ1) is 23.0. The molecule has 30 heavy (non-hydrogen) atoms. The van der Waals surface area contributed by atoms with Crippen molar-refractivity contribution >= 4 is 40.8 Å². The predicted molar refractivity (Wildman–Crippen MR) is 119 cm³/mol. The van der Waals surface area contributed by atoms with Gasteiger partial charge in [-0.15, -0.1) is 0 Å². The van der Waals surface area contributed by atoms with Crippen molar-refractivity contribution in [3.63, 3.8) is 0 Å². The first-order valence-corrected chi connectivity index (χ1v) is 10.0. The van der Waals surface area contributed by atoms with E-state index in [2.05, 4.69) is 16.0 Å². The van der Waals surface area contributed by atoms with Gasteiger partial charge in [-0.25, -0.2) is 0 Å². The third-order valence-electron chi connectivity index (χ3n) is 4.17. The first-order chi connectivity index (χ1) is 14.5. The minimum atomic E-state index is -0.429. The van der Waals surface area contributed by atoms with Crippen LogP contribution in [0.1, 0.15) is 35.2 Å². The number of carbonyl (C=O) groups is 3. The Morgan fingerprint density at radius 3 is 2.40 bits per heavy atom. The molecule has 0 atom stereocenters. The molecule has 0 aliphatic rings. The highest BCUT2D eigenvalue weighted by atomic mass is 32.1. The highest BCUT2D eigenvalue weighted by molar-refractivity contribution is 7.80. The molecule has 3 N–H and O–H groups in total. The summed E-state index contributed by atoms with van der Waals surface area (Å²) in [7, 11) is 1.53. The Kier molecular flexibility index (Phi) is 9.47. The zero-order valence-corrected chi connectivity index (χ0v) is 17.6. The SMILES string of the molecule is CNC(=O)c1ccccc1NC(=S)NC(=O)CCC(=O)OCCCc1ccccc1. The normalized spacial score (nSPS) is 10.0. The lowest BCUT2D eigenvalue weighted by Gasteiger charge is -2.12. The fraction of sp³-hybridized carbons (Fsp3) is 0.273. The molecule has 2 aromatic rings. The topological polar surface area (TPSA) is 96.5 Å². The van der Waals surface area contributed by atoms with Crippen LogP contribution in [0.2, 0.25) is 0 Å². The van der Waals surface area contributed by atoms with Crippen molar-refractivity contribution in [2.75, 3.05) is 19.0 Å². The van der Waals surface area contributed by atoms with Crippen LogP contribution >= 0.6 is 12.2 Å². The Hall–Kier alpha value is -3.26. The van der Waals surface area contributed by atoms with Crippen LogP contribution in [0.15, 0.2) is 54.6 Å². The molecule has 0 fully saturated rings. The monoisotopic (exact) mass is 427 g/mol. The molecule has 0 spiro atoms. The van der Waals surface area contributed by atoms with Crippen molar-refractivity contribution in [3.05, 3.63) is 65.7 Å². The van der Waals surface area contributed by atoms with E-state index in [1.54, 1.807) is 24.3 Å². The maximum absolute atomic E-state index is 12.0. The fourth-order valence-electron chi connectivity index (χ4n) is 2.66. The lowest BCUT2D eigenvalue weighted by Crippen LogP contribution is -2.35. The van der Waals surface area contributed by atoms with E-state index in [-0.39, 0.29) is 23.9 Å². The Bertz CT molecular complexity index is 887. The summed E-state index contributed by atoms with van der Waals surface area (Å²) in [6.45, 7) is 0.311. The number of esters is 1.